The van der Waals surface area contributed by atoms with Gasteiger partial charge in [0.15, 0.2) is 0 Å². The zero-order chi connectivity index (χ0) is 14.9. The quantitative estimate of drug-likeness (QED) is 0.912. The van der Waals surface area contributed by atoms with Crippen LogP contribution in [0.1, 0.15) is 31.4 Å². The average molecular weight is 309 g/mol. The molecule has 2 aliphatic rings. The van der Waals surface area contributed by atoms with Crippen molar-refractivity contribution in [1.29, 1.82) is 0 Å². The minimum atomic E-state index is -0.401. The zero-order valence-electron chi connectivity index (χ0n) is 12.3. The Bertz CT molecular complexity index is 512. The van der Waals surface area contributed by atoms with Crippen LogP contribution in [0.4, 0.5) is 0 Å². The number of nitrogens with one attached hydrogen (secondary N) is 1. The molecule has 2 saturated heterocycles. The number of ether oxygens (including phenoxy) is 1. The van der Waals surface area contributed by atoms with Gasteiger partial charge in [0.1, 0.15) is 6.10 Å². The number of morpholine rings is 1. The molecule has 2 heterocycles. The average Bonchev–Trinajstić information content (AvgIpc) is 2.95. The van der Waals surface area contributed by atoms with E-state index in [0.717, 1.165) is 24.9 Å². The molecule has 1 amide bonds. The van der Waals surface area contributed by atoms with E-state index in [0.29, 0.717) is 24.7 Å². The fourth-order valence-corrected chi connectivity index (χ4v) is 3.26. The molecular formula is C16H21ClN2O2. The van der Waals surface area contributed by atoms with E-state index in [1.54, 1.807) is 0 Å². The summed E-state index contributed by atoms with van der Waals surface area (Å²) >= 11 is 5.92. The number of hydrogen-bond donors (Lipinski definition) is 1. The summed E-state index contributed by atoms with van der Waals surface area (Å²) in [7, 11) is 0. The van der Waals surface area contributed by atoms with Crippen molar-refractivity contribution in [3.05, 3.63) is 34.9 Å². The van der Waals surface area contributed by atoms with Crippen LogP contribution in [-0.2, 0) is 9.53 Å². The second-order valence-corrected chi connectivity index (χ2v) is 6.46. The molecule has 0 aromatic heterocycles. The first kappa shape index (κ1) is 14.8. The van der Waals surface area contributed by atoms with E-state index in [4.69, 9.17) is 16.3 Å². The lowest BCUT2D eigenvalue weighted by molar-refractivity contribution is -0.145. The molecule has 4 nitrogen and oxygen atoms in total. The molecule has 2 unspecified atom stereocenters. The first-order chi connectivity index (χ1) is 10.1. The third-order valence-electron chi connectivity index (χ3n) is 4.44. The molecule has 21 heavy (non-hydrogen) atoms. The topological polar surface area (TPSA) is 41.6 Å². The molecule has 0 spiro atoms. The molecule has 1 aromatic rings. The van der Waals surface area contributed by atoms with Crippen LogP contribution in [0.5, 0.6) is 0 Å². The molecular weight excluding hydrogens is 288 g/mol. The Labute approximate surface area is 130 Å². The van der Waals surface area contributed by atoms with Gasteiger partial charge in [-0.3, -0.25) is 4.79 Å². The van der Waals surface area contributed by atoms with E-state index < -0.39 is 5.54 Å². The molecule has 1 aromatic carbocycles. The molecule has 2 atom stereocenters. The highest BCUT2D eigenvalue weighted by molar-refractivity contribution is 6.30. The van der Waals surface area contributed by atoms with Gasteiger partial charge in [-0.2, -0.15) is 0 Å². The third-order valence-corrected chi connectivity index (χ3v) is 4.69. The van der Waals surface area contributed by atoms with Gasteiger partial charge in [-0.15, -0.1) is 0 Å². The highest BCUT2D eigenvalue weighted by Gasteiger charge is 2.40. The number of hydrogen-bond acceptors (Lipinski definition) is 3. The van der Waals surface area contributed by atoms with Crippen molar-refractivity contribution in [3.63, 3.8) is 0 Å². The molecule has 1 N–H and O–H groups in total. The van der Waals surface area contributed by atoms with Gasteiger partial charge in [0.25, 0.3) is 0 Å². The van der Waals surface area contributed by atoms with Crippen molar-refractivity contribution in [2.75, 3.05) is 26.2 Å². The van der Waals surface area contributed by atoms with Crippen molar-refractivity contribution in [1.82, 2.24) is 10.2 Å². The predicted molar refractivity (Wildman–Crippen MR) is 82.4 cm³/mol. The first-order valence-corrected chi connectivity index (χ1v) is 7.88. The SMILES string of the molecule is CC1(C(=O)N2CCOC(c3ccc(Cl)cc3)C2)CCCN1. The minimum Gasteiger partial charge on any atom is -0.370 e. The Morgan fingerprint density at radius 3 is 2.86 bits per heavy atom. The molecule has 0 saturated carbocycles. The van der Waals surface area contributed by atoms with Gasteiger partial charge in [0.05, 0.1) is 18.7 Å². The summed E-state index contributed by atoms with van der Waals surface area (Å²) in [5.41, 5.74) is 0.670. The van der Waals surface area contributed by atoms with Crippen LogP contribution in [-0.4, -0.2) is 42.6 Å². The summed E-state index contributed by atoms with van der Waals surface area (Å²) in [6.07, 6.45) is 1.91. The van der Waals surface area contributed by atoms with Gasteiger partial charge in [-0.1, -0.05) is 23.7 Å². The van der Waals surface area contributed by atoms with Crippen molar-refractivity contribution in [3.8, 4) is 0 Å². The highest BCUT2D eigenvalue weighted by Crippen LogP contribution is 2.27. The molecule has 2 aliphatic heterocycles. The highest BCUT2D eigenvalue weighted by atomic mass is 35.5. The lowest BCUT2D eigenvalue weighted by atomic mass is 9.97. The van der Waals surface area contributed by atoms with Crippen LogP contribution in [0, 0.1) is 0 Å². The number of amides is 1. The number of rotatable bonds is 2. The van der Waals surface area contributed by atoms with Crippen LogP contribution >= 0.6 is 11.6 Å². The van der Waals surface area contributed by atoms with Gasteiger partial charge in [0.2, 0.25) is 5.91 Å². The number of carbonyl (C=O) groups excluding carboxylic acids is 1. The third kappa shape index (κ3) is 3.07. The molecule has 3 rings (SSSR count). The van der Waals surface area contributed by atoms with Crippen LogP contribution < -0.4 is 5.32 Å². The zero-order valence-corrected chi connectivity index (χ0v) is 13.0. The molecule has 0 aliphatic carbocycles. The van der Waals surface area contributed by atoms with E-state index in [1.165, 1.54) is 0 Å². The summed E-state index contributed by atoms with van der Waals surface area (Å²) in [5, 5.41) is 4.06. The van der Waals surface area contributed by atoms with E-state index in [9.17, 15) is 4.79 Å². The smallest absolute Gasteiger partial charge is 0.242 e. The number of nitrogens with zero attached hydrogens (tertiary/aromatic N) is 1. The van der Waals surface area contributed by atoms with Gasteiger partial charge in [0, 0.05) is 11.6 Å². The summed E-state index contributed by atoms with van der Waals surface area (Å²) in [5.74, 6) is 0.197. The van der Waals surface area contributed by atoms with Crippen LogP contribution in [0.2, 0.25) is 5.02 Å². The lowest BCUT2D eigenvalue weighted by Crippen LogP contribution is -2.55. The molecule has 114 valence electrons. The van der Waals surface area contributed by atoms with E-state index in [-0.39, 0.29) is 12.0 Å². The number of carbonyl (C=O) groups is 1. The van der Waals surface area contributed by atoms with Crippen molar-refractivity contribution in [2.45, 2.75) is 31.4 Å². The van der Waals surface area contributed by atoms with Gasteiger partial charge in [-0.25, -0.2) is 0 Å². The van der Waals surface area contributed by atoms with E-state index in [1.807, 2.05) is 36.1 Å². The first-order valence-electron chi connectivity index (χ1n) is 7.50. The maximum atomic E-state index is 12.7. The maximum absolute atomic E-state index is 12.7. The maximum Gasteiger partial charge on any atom is 0.242 e. The number of benzene rings is 1. The van der Waals surface area contributed by atoms with Crippen molar-refractivity contribution >= 4 is 17.5 Å². The Balaban J connectivity index is 1.70. The lowest BCUT2D eigenvalue weighted by Gasteiger charge is -2.37. The fourth-order valence-electron chi connectivity index (χ4n) is 3.14. The monoisotopic (exact) mass is 308 g/mol. The van der Waals surface area contributed by atoms with Crippen molar-refractivity contribution < 1.29 is 9.53 Å². The van der Waals surface area contributed by atoms with Gasteiger partial charge in [-0.05, 0) is 44.0 Å². The Morgan fingerprint density at radius 2 is 2.19 bits per heavy atom. The second kappa shape index (κ2) is 5.95. The number of halogens is 1. The normalized spacial score (nSPS) is 29.6. The van der Waals surface area contributed by atoms with Crippen LogP contribution in [0.25, 0.3) is 0 Å². The summed E-state index contributed by atoms with van der Waals surface area (Å²) in [4.78, 5) is 14.7. The largest absolute Gasteiger partial charge is 0.370 e. The standard InChI is InChI=1S/C16H21ClN2O2/c1-16(7-2-8-18-16)15(20)19-9-10-21-14(11-19)12-3-5-13(17)6-4-12/h3-6,14,18H,2,7-11H2,1H3. The summed E-state index contributed by atoms with van der Waals surface area (Å²) in [6.45, 7) is 4.79. The molecule has 5 heteroatoms. The fraction of sp³-hybridized carbons (Fsp3) is 0.562. The van der Waals surface area contributed by atoms with Gasteiger partial charge < -0.3 is 15.0 Å². The van der Waals surface area contributed by atoms with E-state index >= 15 is 0 Å². The Morgan fingerprint density at radius 1 is 1.43 bits per heavy atom. The molecule has 2 fully saturated rings. The molecule has 0 bridgehead atoms. The summed E-state index contributed by atoms with van der Waals surface area (Å²) in [6, 6.07) is 7.66. The van der Waals surface area contributed by atoms with Crippen LogP contribution in [0.3, 0.4) is 0 Å². The van der Waals surface area contributed by atoms with Crippen LogP contribution in [0.15, 0.2) is 24.3 Å². The van der Waals surface area contributed by atoms with Crippen molar-refractivity contribution in [2.24, 2.45) is 0 Å². The predicted octanol–water partition coefficient (Wildman–Crippen LogP) is 2.38. The van der Waals surface area contributed by atoms with E-state index in [2.05, 4.69) is 5.32 Å². The van der Waals surface area contributed by atoms with Gasteiger partial charge >= 0.3 is 0 Å². The molecule has 0 radical (unpaired) electrons. The summed E-state index contributed by atoms with van der Waals surface area (Å²) < 4.78 is 5.82. The Hall–Kier alpha value is -1.10. The Kier molecular flexibility index (Phi) is 4.20. The minimum absolute atomic E-state index is 0.0648. The second-order valence-electron chi connectivity index (χ2n) is 6.02.